The molecule has 0 saturated heterocycles. The molecule has 0 aliphatic carbocycles. The Kier molecular flexibility index (Phi) is 6.97. The normalized spacial score (nSPS) is 14.0. The Bertz CT molecular complexity index is 389. The highest BCUT2D eigenvalue weighted by molar-refractivity contribution is 5.81. The van der Waals surface area contributed by atoms with Gasteiger partial charge in [-0.1, -0.05) is 13.8 Å². The lowest BCUT2D eigenvalue weighted by atomic mass is 10.1. The molecular weight excluding hydrogens is 280 g/mol. The molecule has 0 heterocycles. The summed E-state index contributed by atoms with van der Waals surface area (Å²) in [7, 11) is 0. The third-order valence-corrected chi connectivity index (χ3v) is 2.16. The molecule has 0 aromatic heterocycles. The van der Waals surface area contributed by atoms with Gasteiger partial charge in [0.25, 0.3) is 0 Å². The van der Waals surface area contributed by atoms with Crippen LogP contribution >= 0.6 is 0 Å². The number of carbonyl (C=O) groups excluding carboxylic acids is 3. The van der Waals surface area contributed by atoms with E-state index in [1.807, 2.05) is 0 Å². The van der Waals surface area contributed by atoms with Crippen molar-refractivity contribution in [3.63, 3.8) is 0 Å². The number of alkyl carbamates (subject to hydrolysis) is 1. The molecule has 0 fully saturated rings. The van der Waals surface area contributed by atoms with Crippen LogP contribution in [0.2, 0.25) is 0 Å². The average Bonchev–Trinajstić information content (AvgIpc) is 2.21. The van der Waals surface area contributed by atoms with Crippen LogP contribution in [0.3, 0.4) is 0 Å². The number of rotatable bonds is 5. The van der Waals surface area contributed by atoms with Gasteiger partial charge in [-0.25, -0.2) is 14.4 Å². The van der Waals surface area contributed by atoms with Crippen LogP contribution in [-0.4, -0.2) is 36.1 Å². The van der Waals surface area contributed by atoms with Crippen LogP contribution in [0, 0.1) is 5.92 Å². The molecule has 21 heavy (non-hydrogen) atoms. The maximum atomic E-state index is 12.0. The topological polar surface area (TPSA) is 117 Å². The van der Waals surface area contributed by atoms with Crippen molar-refractivity contribution in [1.82, 2.24) is 5.32 Å². The highest BCUT2D eigenvalue weighted by Crippen LogP contribution is 2.10. The number of carbonyl (C=O) groups is 3. The molecule has 1 unspecified atom stereocenters. The Morgan fingerprint density at radius 1 is 1.05 bits per heavy atom. The third-order valence-electron chi connectivity index (χ3n) is 2.16. The van der Waals surface area contributed by atoms with Gasteiger partial charge in [0, 0.05) is 6.92 Å². The van der Waals surface area contributed by atoms with E-state index in [1.165, 1.54) is 6.92 Å². The Balaban J connectivity index is 4.64. The van der Waals surface area contributed by atoms with E-state index in [2.05, 4.69) is 10.1 Å². The van der Waals surface area contributed by atoms with Crippen molar-refractivity contribution in [2.75, 3.05) is 0 Å². The molecule has 0 aliphatic rings. The van der Waals surface area contributed by atoms with Crippen molar-refractivity contribution >= 4 is 18.2 Å². The van der Waals surface area contributed by atoms with Gasteiger partial charge in [0.05, 0.1) is 0 Å². The molecule has 0 aliphatic heterocycles. The highest BCUT2D eigenvalue weighted by Gasteiger charge is 2.29. The second kappa shape index (κ2) is 7.70. The summed E-state index contributed by atoms with van der Waals surface area (Å²) in [5, 5.41) is 2.42. The lowest BCUT2D eigenvalue weighted by molar-refractivity contribution is -0.168. The van der Waals surface area contributed by atoms with Crippen molar-refractivity contribution in [3.05, 3.63) is 0 Å². The number of ether oxygens (including phenoxy) is 3. The van der Waals surface area contributed by atoms with Gasteiger partial charge in [0.2, 0.25) is 6.29 Å². The van der Waals surface area contributed by atoms with Crippen molar-refractivity contribution in [2.24, 2.45) is 11.7 Å². The van der Waals surface area contributed by atoms with E-state index < -0.39 is 36.1 Å². The first kappa shape index (κ1) is 19.0. The van der Waals surface area contributed by atoms with Crippen LogP contribution < -0.4 is 11.1 Å². The van der Waals surface area contributed by atoms with Crippen LogP contribution in [0.25, 0.3) is 0 Å². The molecule has 0 aromatic carbocycles. The maximum absolute atomic E-state index is 12.0. The number of hydrogen-bond acceptors (Lipinski definition) is 6. The van der Waals surface area contributed by atoms with E-state index in [-0.39, 0.29) is 5.92 Å². The molecule has 0 rings (SSSR count). The molecule has 2 atom stereocenters. The molecular formula is C13H24N2O6. The SMILES string of the molecule is CC(OC(N)=O)OC(=O)[C@@H](NC(=O)OC(C)(C)C)C(C)C. The number of esters is 1. The van der Waals surface area contributed by atoms with Gasteiger partial charge in [-0.15, -0.1) is 0 Å². The first-order valence-electron chi connectivity index (χ1n) is 6.58. The molecule has 2 amide bonds. The minimum absolute atomic E-state index is 0.245. The number of hydrogen-bond donors (Lipinski definition) is 2. The first-order chi connectivity index (χ1) is 9.42. The predicted molar refractivity (Wildman–Crippen MR) is 74.2 cm³/mol. The average molecular weight is 304 g/mol. The second-order valence-corrected chi connectivity index (χ2v) is 5.81. The van der Waals surface area contributed by atoms with E-state index >= 15 is 0 Å². The van der Waals surface area contributed by atoms with Gasteiger partial charge in [-0.3, -0.25) is 0 Å². The van der Waals surface area contributed by atoms with Gasteiger partial charge >= 0.3 is 18.2 Å². The van der Waals surface area contributed by atoms with Crippen LogP contribution in [0.1, 0.15) is 41.5 Å². The summed E-state index contributed by atoms with van der Waals surface area (Å²) in [6.07, 6.45) is -2.94. The molecule has 0 saturated carbocycles. The molecule has 122 valence electrons. The Morgan fingerprint density at radius 3 is 1.95 bits per heavy atom. The molecule has 0 aromatic rings. The molecule has 0 bridgehead atoms. The summed E-state index contributed by atoms with van der Waals surface area (Å²) in [5.41, 5.74) is 4.13. The maximum Gasteiger partial charge on any atom is 0.408 e. The van der Waals surface area contributed by atoms with Crippen LogP contribution in [0.5, 0.6) is 0 Å². The van der Waals surface area contributed by atoms with Gasteiger partial charge < -0.3 is 25.3 Å². The summed E-state index contributed by atoms with van der Waals surface area (Å²) in [5.74, 6) is -0.990. The number of primary amides is 1. The zero-order valence-electron chi connectivity index (χ0n) is 13.3. The Hall–Kier alpha value is -1.99. The van der Waals surface area contributed by atoms with Gasteiger partial charge in [-0.05, 0) is 26.7 Å². The minimum Gasteiger partial charge on any atom is -0.444 e. The van der Waals surface area contributed by atoms with Crippen molar-refractivity contribution in [1.29, 1.82) is 0 Å². The Labute approximate surface area is 124 Å². The van der Waals surface area contributed by atoms with Gasteiger partial charge in [-0.2, -0.15) is 0 Å². The summed E-state index contributed by atoms with van der Waals surface area (Å²) in [6.45, 7) is 9.91. The monoisotopic (exact) mass is 304 g/mol. The quantitative estimate of drug-likeness (QED) is 0.587. The van der Waals surface area contributed by atoms with E-state index in [4.69, 9.17) is 15.2 Å². The number of amides is 2. The van der Waals surface area contributed by atoms with Crippen molar-refractivity contribution in [3.8, 4) is 0 Å². The summed E-state index contributed by atoms with van der Waals surface area (Å²) >= 11 is 0. The summed E-state index contributed by atoms with van der Waals surface area (Å²) < 4.78 is 14.4. The fourth-order valence-electron chi connectivity index (χ4n) is 1.36. The number of nitrogens with two attached hydrogens (primary N) is 1. The third kappa shape index (κ3) is 8.72. The van der Waals surface area contributed by atoms with Crippen molar-refractivity contribution in [2.45, 2.75) is 59.5 Å². The van der Waals surface area contributed by atoms with Crippen LogP contribution in [0.15, 0.2) is 0 Å². The highest BCUT2D eigenvalue weighted by atomic mass is 16.7. The van der Waals surface area contributed by atoms with Gasteiger partial charge in [0.1, 0.15) is 11.6 Å². The molecule has 8 nitrogen and oxygen atoms in total. The fraction of sp³-hybridized carbons (Fsp3) is 0.769. The molecule has 0 radical (unpaired) electrons. The summed E-state index contributed by atoms with van der Waals surface area (Å²) in [6, 6.07) is -0.932. The molecule has 8 heteroatoms. The molecule has 3 N–H and O–H groups in total. The van der Waals surface area contributed by atoms with E-state index in [1.54, 1.807) is 34.6 Å². The first-order valence-corrected chi connectivity index (χ1v) is 6.58. The summed E-state index contributed by atoms with van der Waals surface area (Å²) in [4.78, 5) is 34.2. The van der Waals surface area contributed by atoms with E-state index in [9.17, 15) is 14.4 Å². The smallest absolute Gasteiger partial charge is 0.408 e. The standard InChI is InChI=1S/C13H24N2O6/c1-7(2)9(15-12(18)21-13(4,5)6)10(16)19-8(3)20-11(14)17/h7-9H,1-6H3,(H2,14,17)(H,15,18)/t8?,9-/m0/s1. The minimum atomic E-state index is -1.14. The lowest BCUT2D eigenvalue weighted by Crippen LogP contribution is -2.48. The largest absolute Gasteiger partial charge is 0.444 e. The second-order valence-electron chi connectivity index (χ2n) is 5.81. The zero-order valence-corrected chi connectivity index (χ0v) is 13.3. The fourth-order valence-corrected chi connectivity index (χ4v) is 1.36. The number of nitrogens with one attached hydrogen (secondary N) is 1. The van der Waals surface area contributed by atoms with E-state index in [0.717, 1.165) is 0 Å². The lowest BCUT2D eigenvalue weighted by Gasteiger charge is -2.25. The van der Waals surface area contributed by atoms with Crippen LogP contribution in [-0.2, 0) is 19.0 Å². The zero-order chi connectivity index (χ0) is 16.8. The van der Waals surface area contributed by atoms with Gasteiger partial charge in [0.15, 0.2) is 0 Å². The molecule has 0 spiro atoms. The Morgan fingerprint density at radius 2 is 1.57 bits per heavy atom. The predicted octanol–water partition coefficient (Wildman–Crippen LogP) is 1.52. The van der Waals surface area contributed by atoms with Crippen molar-refractivity contribution < 1.29 is 28.6 Å². The van der Waals surface area contributed by atoms with E-state index in [0.29, 0.717) is 0 Å². The van der Waals surface area contributed by atoms with Crippen LogP contribution in [0.4, 0.5) is 9.59 Å².